The summed E-state index contributed by atoms with van der Waals surface area (Å²) in [6.45, 7) is 2.93. The number of anilines is 1. The lowest BCUT2D eigenvalue weighted by molar-refractivity contribution is -0.120. The van der Waals surface area contributed by atoms with Crippen LogP contribution < -0.4 is 5.32 Å². The normalized spacial score (nSPS) is 17.2. The van der Waals surface area contributed by atoms with Crippen LogP contribution in [-0.2, 0) is 11.2 Å². The summed E-state index contributed by atoms with van der Waals surface area (Å²) in [6, 6.07) is 0. The zero-order chi connectivity index (χ0) is 12.5. The Balaban J connectivity index is 1.87. The molecule has 1 aliphatic rings. The molecule has 0 unspecified atom stereocenters. The molecular weight excluding hydrogens is 236 g/mol. The maximum absolute atomic E-state index is 11.8. The monoisotopic (exact) mass is 254 g/mol. The van der Waals surface area contributed by atoms with Crippen molar-refractivity contribution in [3.8, 4) is 0 Å². The third-order valence-electron chi connectivity index (χ3n) is 3.01. The molecule has 0 aromatic carbocycles. The number of carbonyl (C=O) groups is 1. The molecule has 1 amide bonds. The maximum atomic E-state index is 11.8. The summed E-state index contributed by atoms with van der Waals surface area (Å²) in [5.41, 5.74) is -0.157. The second kappa shape index (κ2) is 4.70. The van der Waals surface area contributed by atoms with E-state index in [4.69, 9.17) is 0 Å². The molecule has 0 aliphatic heterocycles. The predicted molar refractivity (Wildman–Crippen MR) is 68.1 cm³/mol. The van der Waals surface area contributed by atoms with Gasteiger partial charge in [0.25, 0.3) is 0 Å². The lowest BCUT2D eigenvalue weighted by Gasteiger charge is -2.06. The van der Waals surface area contributed by atoms with Crippen LogP contribution in [-0.4, -0.2) is 41.6 Å². The zero-order valence-electron chi connectivity index (χ0n) is 10.5. The Morgan fingerprint density at radius 1 is 1.47 bits per heavy atom. The number of nitrogens with one attached hydrogen (secondary N) is 1. The van der Waals surface area contributed by atoms with Crippen LogP contribution in [0.4, 0.5) is 5.13 Å². The fraction of sp³-hybridized carbons (Fsp3) is 0.727. The van der Waals surface area contributed by atoms with Crippen molar-refractivity contribution in [2.24, 2.45) is 5.41 Å². The van der Waals surface area contributed by atoms with Gasteiger partial charge in [0.15, 0.2) is 0 Å². The van der Waals surface area contributed by atoms with Crippen LogP contribution in [0.25, 0.3) is 0 Å². The zero-order valence-corrected chi connectivity index (χ0v) is 11.3. The van der Waals surface area contributed by atoms with Crippen LogP contribution in [0.15, 0.2) is 0 Å². The number of rotatable bonds is 5. The Morgan fingerprint density at radius 2 is 2.18 bits per heavy atom. The lowest BCUT2D eigenvalue weighted by atomic mass is 10.1. The van der Waals surface area contributed by atoms with Crippen LogP contribution in [0.5, 0.6) is 0 Å². The number of hydrogen-bond acceptors (Lipinski definition) is 5. The van der Waals surface area contributed by atoms with Gasteiger partial charge in [0.05, 0.1) is 0 Å². The summed E-state index contributed by atoms with van der Waals surface area (Å²) in [5, 5.41) is 12.5. The molecule has 94 valence electrons. The molecule has 1 heterocycles. The molecule has 17 heavy (non-hydrogen) atoms. The van der Waals surface area contributed by atoms with Crippen LogP contribution in [0.3, 0.4) is 0 Å². The van der Waals surface area contributed by atoms with Crippen molar-refractivity contribution < 1.29 is 4.79 Å². The largest absolute Gasteiger partial charge is 0.309 e. The summed E-state index contributed by atoms with van der Waals surface area (Å²) in [5.74, 6) is 0.0767. The SMILES string of the molecule is CN(C)CCc1nnc(NC(=O)C2(C)CC2)s1. The molecule has 2 rings (SSSR count). The molecule has 0 spiro atoms. The summed E-state index contributed by atoms with van der Waals surface area (Å²) < 4.78 is 0. The van der Waals surface area contributed by atoms with E-state index in [1.165, 1.54) is 11.3 Å². The van der Waals surface area contributed by atoms with Crippen molar-refractivity contribution in [1.29, 1.82) is 0 Å². The second-order valence-electron chi connectivity index (χ2n) is 5.07. The van der Waals surface area contributed by atoms with Crippen molar-refractivity contribution in [2.75, 3.05) is 26.0 Å². The molecule has 1 aromatic rings. The van der Waals surface area contributed by atoms with Crippen LogP contribution >= 0.6 is 11.3 Å². The van der Waals surface area contributed by atoms with Crippen molar-refractivity contribution in [3.05, 3.63) is 5.01 Å². The molecule has 0 radical (unpaired) electrons. The summed E-state index contributed by atoms with van der Waals surface area (Å²) in [6.07, 6.45) is 2.83. The van der Waals surface area contributed by atoms with E-state index in [2.05, 4.69) is 20.4 Å². The Bertz CT molecular complexity index is 411. The molecule has 0 atom stereocenters. The van der Waals surface area contributed by atoms with Gasteiger partial charge in [0.2, 0.25) is 11.0 Å². The van der Waals surface area contributed by atoms with Gasteiger partial charge in [-0.3, -0.25) is 4.79 Å². The Hall–Kier alpha value is -1.01. The minimum atomic E-state index is -0.157. The van der Waals surface area contributed by atoms with Crippen LogP contribution in [0, 0.1) is 5.41 Å². The quantitative estimate of drug-likeness (QED) is 0.862. The van der Waals surface area contributed by atoms with E-state index in [1.54, 1.807) is 0 Å². The van der Waals surface area contributed by atoms with E-state index in [9.17, 15) is 4.79 Å². The number of amides is 1. The van der Waals surface area contributed by atoms with E-state index < -0.39 is 0 Å². The number of hydrogen-bond donors (Lipinski definition) is 1. The molecule has 6 heteroatoms. The van der Waals surface area contributed by atoms with Gasteiger partial charge < -0.3 is 10.2 Å². The Morgan fingerprint density at radius 3 is 2.76 bits per heavy atom. The molecule has 0 saturated heterocycles. The summed E-state index contributed by atoms with van der Waals surface area (Å²) in [4.78, 5) is 13.9. The Labute approximate surface area is 105 Å². The van der Waals surface area contributed by atoms with Gasteiger partial charge in [-0.05, 0) is 26.9 Å². The molecule has 0 bridgehead atoms. The van der Waals surface area contributed by atoms with Crippen molar-refractivity contribution in [3.63, 3.8) is 0 Å². The number of aromatic nitrogens is 2. The second-order valence-corrected chi connectivity index (χ2v) is 6.13. The van der Waals surface area contributed by atoms with Gasteiger partial charge in [-0.2, -0.15) is 0 Å². The van der Waals surface area contributed by atoms with Gasteiger partial charge >= 0.3 is 0 Å². The molecule has 1 aromatic heterocycles. The van der Waals surface area contributed by atoms with Gasteiger partial charge in [0, 0.05) is 18.4 Å². The maximum Gasteiger partial charge on any atom is 0.232 e. The van der Waals surface area contributed by atoms with Crippen molar-refractivity contribution in [2.45, 2.75) is 26.2 Å². The molecule has 1 fully saturated rings. The smallest absolute Gasteiger partial charge is 0.232 e. The van der Waals surface area contributed by atoms with E-state index in [1.807, 2.05) is 21.0 Å². The minimum absolute atomic E-state index is 0.0767. The van der Waals surface area contributed by atoms with E-state index >= 15 is 0 Å². The Kier molecular flexibility index (Phi) is 3.44. The van der Waals surface area contributed by atoms with Crippen molar-refractivity contribution >= 4 is 22.4 Å². The van der Waals surface area contributed by atoms with Gasteiger partial charge in [0.1, 0.15) is 5.01 Å². The number of nitrogens with zero attached hydrogens (tertiary/aromatic N) is 3. The highest BCUT2D eigenvalue weighted by Gasteiger charge is 2.45. The van der Waals surface area contributed by atoms with Gasteiger partial charge in [-0.15, -0.1) is 10.2 Å². The van der Waals surface area contributed by atoms with Gasteiger partial charge in [-0.1, -0.05) is 18.3 Å². The number of carbonyl (C=O) groups excluding carboxylic acids is 1. The van der Waals surface area contributed by atoms with E-state index in [0.29, 0.717) is 5.13 Å². The molecule has 1 aliphatic carbocycles. The van der Waals surface area contributed by atoms with Crippen LogP contribution in [0.1, 0.15) is 24.8 Å². The highest BCUT2D eigenvalue weighted by molar-refractivity contribution is 7.15. The van der Waals surface area contributed by atoms with Crippen molar-refractivity contribution in [1.82, 2.24) is 15.1 Å². The lowest BCUT2D eigenvalue weighted by Crippen LogP contribution is -2.21. The first kappa shape index (κ1) is 12.4. The average Bonchev–Trinajstić information content (AvgIpc) is 2.87. The standard InChI is InChI=1S/C11H18N4OS/c1-11(5-6-11)9(16)12-10-14-13-8(17-10)4-7-15(2)3/h4-7H2,1-3H3,(H,12,14,16). The first-order valence-electron chi connectivity index (χ1n) is 5.78. The third-order valence-corrected chi connectivity index (χ3v) is 3.91. The van der Waals surface area contributed by atoms with Crippen LogP contribution in [0.2, 0.25) is 0 Å². The number of likely N-dealkylation sites (N-methyl/N-ethyl adjacent to an activating group) is 1. The minimum Gasteiger partial charge on any atom is -0.309 e. The predicted octanol–water partition coefficient (Wildman–Crippen LogP) is 1.38. The average molecular weight is 254 g/mol. The van der Waals surface area contributed by atoms with E-state index in [-0.39, 0.29) is 11.3 Å². The molecule has 1 saturated carbocycles. The third kappa shape index (κ3) is 3.23. The molecule has 5 nitrogen and oxygen atoms in total. The summed E-state index contributed by atoms with van der Waals surface area (Å²) >= 11 is 1.47. The molecule has 1 N–H and O–H groups in total. The topological polar surface area (TPSA) is 58.1 Å². The highest BCUT2D eigenvalue weighted by atomic mass is 32.1. The molecular formula is C11H18N4OS. The van der Waals surface area contributed by atoms with Gasteiger partial charge in [-0.25, -0.2) is 0 Å². The summed E-state index contributed by atoms with van der Waals surface area (Å²) in [7, 11) is 4.05. The fourth-order valence-corrected chi connectivity index (χ4v) is 2.11. The first-order chi connectivity index (χ1) is 7.99. The fourth-order valence-electron chi connectivity index (χ4n) is 1.39. The van der Waals surface area contributed by atoms with E-state index in [0.717, 1.165) is 30.8 Å². The first-order valence-corrected chi connectivity index (χ1v) is 6.60. The highest BCUT2D eigenvalue weighted by Crippen LogP contribution is 2.45.